The van der Waals surface area contributed by atoms with Gasteiger partial charge in [-0.25, -0.2) is 4.98 Å². The Morgan fingerprint density at radius 3 is 2.65 bits per heavy atom. The predicted octanol–water partition coefficient (Wildman–Crippen LogP) is 2.52. The maximum Gasteiger partial charge on any atom is 0.262 e. The van der Waals surface area contributed by atoms with E-state index in [1.54, 1.807) is 6.07 Å². The fraction of sp³-hybridized carbons (Fsp3) is 0.0714. The highest BCUT2D eigenvalue weighted by atomic mass is 16.5. The Morgan fingerprint density at radius 1 is 1.05 bits per heavy atom. The lowest BCUT2D eigenvalue weighted by Crippen LogP contribution is -1.88. The number of aromatic hydroxyl groups is 2. The van der Waals surface area contributed by atoms with Crippen molar-refractivity contribution in [3.63, 3.8) is 0 Å². The summed E-state index contributed by atoms with van der Waals surface area (Å²) in [6.45, 7) is 1.87. The maximum absolute atomic E-state index is 9.77. The molecule has 0 atom stereocenters. The number of rotatable bonds is 2. The van der Waals surface area contributed by atoms with Crippen molar-refractivity contribution >= 4 is 0 Å². The van der Waals surface area contributed by atoms with Gasteiger partial charge in [-0.3, -0.25) is 0 Å². The highest BCUT2D eigenvalue weighted by molar-refractivity contribution is 5.65. The average Bonchev–Trinajstić information content (AvgIpc) is 2.88. The molecule has 100 valence electrons. The number of pyridine rings is 1. The van der Waals surface area contributed by atoms with E-state index in [0.717, 1.165) is 5.69 Å². The van der Waals surface area contributed by atoms with Gasteiger partial charge in [-0.1, -0.05) is 11.2 Å². The summed E-state index contributed by atoms with van der Waals surface area (Å²) in [7, 11) is 0. The van der Waals surface area contributed by atoms with Crippen molar-refractivity contribution < 1.29 is 14.7 Å². The van der Waals surface area contributed by atoms with Crippen molar-refractivity contribution in [1.29, 1.82) is 0 Å². The van der Waals surface area contributed by atoms with Gasteiger partial charge in [0.25, 0.3) is 5.89 Å². The van der Waals surface area contributed by atoms with Gasteiger partial charge in [-0.2, -0.15) is 4.98 Å². The number of phenols is 2. The molecule has 0 aliphatic carbocycles. The first kappa shape index (κ1) is 12.2. The summed E-state index contributed by atoms with van der Waals surface area (Å²) in [4.78, 5) is 8.50. The Labute approximate surface area is 114 Å². The van der Waals surface area contributed by atoms with Crippen molar-refractivity contribution in [2.24, 2.45) is 0 Å². The van der Waals surface area contributed by atoms with E-state index in [9.17, 15) is 10.2 Å². The Bertz CT molecular complexity index is 768. The molecule has 0 saturated carbocycles. The Hall–Kier alpha value is -2.89. The largest absolute Gasteiger partial charge is 0.508 e. The zero-order valence-electron chi connectivity index (χ0n) is 10.6. The fourth-order valence-electron chi connectivity index (χ4n) is 1.81. The number of benzene rings is 1. The topological polar surface area (TPSA) is 92.3 Å². The molecule has 0 amide bonds. The lowest BCUT2D eigenvalue weighted by atomic mass is 10.2. The molecule has 2 N–H and O–H groups in total. The van der Waals surface area contributed by atoms with E-state index in [-0.39, 0.29) is 17.4 Å². The van der Waals surface area contributed by atoms with Crippen molar-refractivity contribution in [2.45, 2.75) is 6.92 Å². The van der Waals surface area contributed by atoms with Crippen LogP contribution < -0.4 is 0 Å². The van der Waals surface area contributed by atoms with Gasteiger partial charge in [0.05, 0.1) is 5.56 Å². The standard InChI is InChI=1S/C14H11N3O3/c1-8-3-2-4-11(15-8)13-16-14(20-17-13)10-6-5-9(18)7-12(10)19/h2-7,18-19H,1H3. The molecule has 3 aromatic rings. The molecule has 0 fully saturated rings. The molecule has 0 radical (unpaired) electrons. The summed E-state index contributed by atoms with van der Waals surface area (Å²) in [6.07, 6.45) is 0. The summed E-state index contributed by atoms with van der Waals surface area (Å²) in [5, 5.41) is 22.9. The molecule has 2 heterocycles. The molecule has 1 aromatic carbocycles. The van der Waals surface area contributed by atoms with E-state index < -0.39 is 0 Å². The first-order valence-corrected chi connectivity index (χ1v) is 5.93. The Balaban J connectivity index is 2.02. The van der Waals surface area contributed by atoms with Crippen LogP contribution in [0.1, 0.15) is 5.69 Å². The summed E-state index contributed by atoms with van der Waals surface area (Å²) in [5.74, 6) is 0.348. The predicted molar refractivity (Wildman–Crippen MR) is 71.0 cm³/mol. The fourth-order valence-corrected chi connectivity index (χ4v) is 1.81. The molecular weight excluding hydrogens is 258 g/mol. The lowest BCUT2D eigenvalue weighted by Gasteiger charge is -1.99. The smallest absolute Gasteiger partial charge is 0.262 e. The second kappa shape index (κ2) is 4.65. The van der Waals surface area contributed by atoms with Crippen molar-refractivity contribution in [3.8, 4) is 34.5 Å². The average molecular weight is 269 g/mol. The third kappa shape index (κ3) is 2.18. The van der Waals surface area contributed by atoms with E-state index in [1.165, 1.54) is 18.2 Å². The van der Waals surface area contributed by atoms with Gasteiger partial charge in [0, 0.05) is 11.8 Å². The minimum atomic E-state index is -0.127. The Kier molecular flexibility index (Phi) is 2.83. The van der Waals surface area contributed by atoms with Gasteiger partial charge in [0.2, 0.25) is 5.82 Å². The highest BCUT2D eigenvalue weighted by Gasteiger charge is 2.15. The van der Waals surface area contributed by atoms with E-state index in [1.807, 2.05) is 19.1 Å². The maximum atomic E-state index is 9.77. The minimum absolute atomic E-state index is 0.0358. The van der Waals surface area contributed by atoms with Crippen LogP contribution in [-0.2, 0) is 0 Å². The van der Waals surface area contributed by atoms with Gasteiger partial charge in [-0.15, -0.1) is 0 Å². The molecule has 0 unspecified atom stereocenters. The van der Waals surface area contributed by atoms with Gasteiger partial charge in [0.1, 0.15) is 17.2 Å². The molecule has 6 nitrogen and oxygen atoms in total. The third-order valence-corrected chi connectivity index (χ3v) is 2.76. The number of nitrogens with zero attached hydrogens (tertiary/aromatic N) is 3. The van der Waals surface area contributed by atoms with Crippen LogP contribution in [0.4, 0.5) is 0 Å². The van der Waals surface area contributed by atoms with Crippen molar-refractivity contribution in [2.75, 3.05) is 0 Å². The number of aromatic nitrogens is 3. The Morgan fingerprint density at radius 2 is 1.90 bits per heavy atom. The van der Waals surface area contributed by atoms with Crippen LogP contribution in [0.3, 0.4) is 0 Å². The molecule has 2 aromatic heterocycles. The van der Waals surface area contributed by atoms with Crippen LogP contribution >= 0.6 is 0 Å². The zero-order valence-corrected chi connectivity index (χ0v) is 10.6. The summed E-state index contributed by atoms with van der Waals surface area (Å²) >= 11 is 0. The second-order valence-corrected chi connectivity index (χ2v) is 4.29. The van der Waals surface area contributed by atoms with E-state index in [2.05, 4.69) is 15.1 Å². The van der Waals surface area contributed by atoms with Gasteiger partial charge < -0.3 is 14.7 Å². The minimum Gasteiger partial charge on any atom is -0.508 e. The van der Waals surface area contributed by atoms with Crippen LogP contribution in [0.2, 0.25) is 0 Å². The van der Waals surface area contributed by atoms with Crippen LogP contribution in [0, 0.1) is 6.92 Å². The SMILES string of the molecule is Cc1cccc(-c2noc(-c3ccc(O)cc3O)n2)n1. The molecular formula is C14H11N3O3. The first-order valence-electron chi connectivity index (χ1n) is 5.93. The van der Waals surface area contributed by atoms with E-state index in [4.69, 9.17) is 4.52 Å². The van der Waals surface area contributed by atoms with Gasteiger partial charge in [-0.05, 0) is 31.2 Å². The quantitative estimate of drug-likeness (QED) is 0.742. The van der Waals surface area contributed by atoms with Crippen LogP contribution in [0.15, 0.2) is 40.9 Å². The van der Waals surface area contributed by atoms with Crippen LogP contribution in [-0.4, -0.2) is 25.3 Å². The molecule has 6 heteroatoms. The number of hydrogen-bond acceptors (Lipinski definition) is 6. The molecule has 3 rings (SSSR count). The molecule has 0 saturated heterocycles. The summed E-state index contributed by atoms with van der Waals surface area (Å²) < 4.78 is 5.12. The lowest BCUT2D eigenvalue weighted by molar-refractivity contribution is 0.423. The van der Waals surface area contributed by atoms with Gasteiger partial charge >= 0.3 is 0 Å². The zero-order chi connectivity index (χ0) is 14.1. The van der Waals surface area contributed by atoms with E-state index >= 15 is 0 Å². The summed E-state index contributed by atoms with van der Waals surface area (Å²) in [5.41, 5.74) is 1.80. The van der Waals surface area contributed by atoms with Gasteiger partial charge in [0.15, 0.2) is 0 Å². The number of phenolic OH excluding ortho intramolecular Hbond substituents is 2. The summed E-state index contributed by atoms with van der Waals surface area (Å²) in [6, 6.07) is 9.65. The van der Waals surface area contributed by atoms with Crippen LogP contribution in [0.5, 0.6) is 11.5 Å². The third-order valence-electron chi connectivity index (χ3n) is 2.76. The second-order valence-electron chi connectivity index (χ2n) is 4.29. The van der Waals surface area contributed by atoms with Crippen LogP contribution in [0.25, 0.3) is 23.0 Å². The van der Waals surface area contributed by atoms with Crippen molar-refractivity contribution in [1.82, 2.24) is 15.1 Å². The normalized spacial score (nSPS) is 10.7. The molecule has 20 heavy (non-hydrogen) atoms. The highest BCUT2D eigenvalue weighted by Crippen LogP contribution is 2.31. The number of hydrogen-bond donors (Lipinski definition) is 2. The molecule has 0 aliphatic rings. The molecule has 0 spiro atoms. The monoisotopic (exact) mass is 269 g/mol. The first-order chi connectivity index (χ1) is 9.63. The van der Waals surface area contributed by atoms with Crippen molar-refractivity contribution in [3.05, 3.63) is 42.1 Å². The number of aryl methyl sites for hydroxylation is 1. The molecule has 0 aliphatic heterocycles. The van der Waals surface area contributed by atoms with E-state index in [0.29, 0.717) is 17.1 Å². The molecule has 0 bridgehead atoms.